The molecule has 1 aliphatic rings. The van der Waals surface area contributed by atoms with Crippen LogP contribution in [-0.2, 0) is 9.57 Å². The molecule has 0 aliphatic carbocycles. The lowest BCUT2D eigenvalue weighted by Crippen LogP contribution is -2.44. The van der Waals surface area contributed by atoms with Crippen LogP contribution >= 0.6 is 0 Å². The van der Waals surface area contributed by atoms with Gasteiger partial charge in [0.25, 0.3) is 0 Å². The van der Waals surface area contributed by atoms with Crippen molar-refractivity contribution in [2.24, 2.45) is 5.11 Å². The van der Waals surface area contributed by atoms with E-state index in [1.54, 1.807) is 20.8 Å². The van der Waals surface area contributed by atoms with Crippen molar-refractivity contribution in [1.82, 2.24) is 5.06 Å². The Bertz CT molecular complexity index is 306. The van der Waals surface area contributed by atoms with Gasteiger partial charge in [0.15, 0.2) is 0 Å². The van der Waals surface area contributed by atoms with E-state index >= 15 is 0 Å². The van der Waals surface area contributed by atoms with Gasteiger partial charge in [-0.3, -0.25) is 4.84 Å². The predicted octanol–water partition coefficient (Wildman–Crippen LogP) is 2.24. The highest BCUT2D eigenvalue weighted by Gasteiger charge is 2.28. The first-order chi connectivity index (χ1) is 7.42. The van der Waals surface area contributed by atoms with Crippen molar-refractivity contribution in [1.29, 1.82) is 0 Å². The first-order valence-electron chi connectivity index (χ1n) is 5.10. The van der Waals surface area contributed by atoms with E-state index in [-0.39, 0.29) is 12.6 Å². The van der Waals surface area contributed by atoms with Crippen LogP contribution in [-0.4, -0.2) is 36.0 Å². The van der Waals surface area contributed by atoms with Gasteiger partial charge in [-0.25, -0.2) is 4.79 Å². The molecule has 90 valence electrons. The largest absolute Gasteiger partial charge is 0.442 e. The van der Waals surface area contributed by atoms with Gasteiger partial charge >= 0.3 is 6.09 Å². The smallest absolute Gasteiger partial charge is 0.434 e. The van der Waals surface area contributed by atoms with Crippen molar-refractivity contribution in [3.05, 3.63) is 10.4 Å². The van der Waals surface area contributed by atoms with E-state index in [1.165, 1.54) is 0 Å². The Kier molecular flexibility index (Phi) is 3.98. The summed E-state index contributed by atoms with van der Waals surface area (Å²) >= 11 is 0. The minimum Gasteiger partial charge on any atom is -0.442 e. The molecular formula is C9H16N4O3. The van der Waals surface area contributed by atoms with Gasteiger partial charge in [0, 0.05) is 4.91 Å². The Morgan fingerprint density at radius 2 is 2.31 bits per heavy atom. The van der Waals surface area contributed by atoms with Crippen LogP contribution in [0.25, 0.3) is 10.4 Å². The van der Waals surface area contributed by atoms with Gasteiger partial charge in [-0.05, 0) is 32.7 Å². The number of azide groups is 1. The molecule has 1 atom stereocenters. The molecule has 1 fully saturated rings. The molecule has 1 unspecified atom stereocenters. The third-order valence-electron chi connectivity index (χ3n) is 1.89. The molecule has 16 heavy (non-hydrogen) atoms. The van der Waals surface area contributed by atoms with E-state index in [0.29, 0.717) is 13.0 Å². The second-order valence-corrected chi connectivity index (χ2v) is 4.52. The fourth-order valence-corrected chi connectivity index (χ4v) is 1.24. The SMILES string of the molecule is CC(C)(C)OC(=O)N1CC(N=[N+]=[N-])CCO1. The van der Waals surface area contributed by atoms with Crippen LogP contribution in [0.15, 0.2) is 5.11 Å². The van der Waals surface area contributed by atoms with Crippen molar-refractivity contribution in [3.8, 4) is 0 Å². The van der Waals surface area contributed by atoms with Gasteiger partial charge in [0.2, 0.25) is 0 Å². The number of hydrogen-bond acceptors (Lipinski definition) is 4. The Hall–Kier alpha value is -1.46. The summed E-state index contributed by atoms with van der Waals surface area (Å²) in [6, 6.07) is -0.244. The third-order valence-corrected chi connectivity index (χ3v) is 1.89. The third kappa shape index (κ3) is 3.96. The van der Waals surface area contributed by atoms with Crippen LogP contribution in [0.5, 0.6) is 0 Å². The lowest BCUT2D eigenvalue weighted by atomic mass is 10.2. The molecule has 1 heterocycles. The van der Waals surface area contributed by atoms with E-state index < -0.39 is 11.7 Å². The topological polar surface area (TPSA) is 87.5 Å². The molecule has 0 radical (unpaired) electrons. The van der Waals surface area contributed by atoms with Gasteiger partial charge in [0.1, 0.15) is 5.60 Å². The summed E-state index contributed by atoms with van der Waals surface area (Å²) in [5.74, 6) is 0. The highest BCUT2D eigenvalue weighted by Crippen LogP contribution is 2.15. The van der Waals surface area contributed by atoms with E-state index in [0.717, 1.165) is 5.06 Å². The maximum absolute atomic E-state index is 11.6. The zero-order valence-electron chi connectivity index (χ0n) is 9.71. The summed E-state index contributed by atoms with van der Waals surface area (Å²) in [7, 11) is 0. The normalized spacial score (nSPS) is 21.2. The lowest BCUT2D eigenvalue weighted by Gasteiger charge is -2.31. The molecule has 7 nitrogen and oxygen atoms in total. The first-order valence-corrected chi connectivity index (χ1v) is 5.10. The lowest BCUT2D eigenvalue weighted by molar-refractivity contribution is -0.169. The molecule has 1 aliphatic heterocycles. The highest BCUT2D eigenvalue weighted by atomic mass is 16.7. The monoisotopic (exact) mass is 228 g/mol. The van der Waals surface area contributed by atoms with Gasteiger partial charge in [0.05, 0.1) is 19.2 Å². The van der Waals surface area contributed by atoms with Gasteiger partial charge in [-0.1, -0.05) is 5.11 Å². The molecule has 0 saturated carbocycles. The Morgan fingerprint density at radius 3 is 2.88 bits per heavy atom. The molecule has 1 saturated heterocycles. The second kappa shape index (κ2) is 5.05. The van der Waals surface area contributed by atoms with Crippen LogP contribution in [0.2, 0.25) is 0 Å². The number of amides is 1. The average molecular weight is 228 g/mol. The van der Waals surface area contributed by atoms with E-state index in [1.807, 2.05) is 0 Å². The zero-order chi connectivity index (χ0) is 12.2. The number of rotatable bonds is 1. The van der Waals surface area contributed by atoms with Crippen molar-refractivity contribution in [2.75, 3.05) is 13.2 Å². The molecule has 0 aromatic heterocycles. The van der Waals surface area contributed by atoms with Gasteiger partial charge in [-0.15, -0.1) is 0 Å². The van der Waals surface area contributed by atoms with Crippen LogP contribution in [0, 0.1) is 0 Å². The molecule has 7 heteroatoms. The quantitative estimate of drug-likeness (QED) is 0.391. The molecule has 0 aromatic carbocycles. The maximum atomic E-state index is 11.6. The number of hydrogen-bond donors (Lipinski definition) is 0. The molecule has 1 rings (SSSR count). The van der Waals surface area contributed by atoms with Crippen LogP contribution in [0.1, 0.15) is 27.2 Å². The average Bonchev–Trinajstić information content (AvgIpc) is 2.16. The molecule has 1 amide bonds. The first kappa shape index (κ1) is 12.6. The number of hydroxylamine groups is 2. The number of ether oxygens (including phenoxy) is 1. The van der Waals surface area contributed by atoms with Crippen molar-refractivity contribution in [3.63, 3.8) is 0 Å². The fourth-order valence-electron chi connectivity index (χ4n) is 1.24. The number of carbonyl (C=O) groups is 1. The van der Waals surface area contributed by atoms with Crippen molar-refractivity contribution in [2.45, 2.75) is 38.8 Å². The number of nitrogens with zero attached hydrogens (tertiary/aromatic N) is 4. The maximum Gasteiger partial charge on any atom is 0.434 e. The number of carbonyl (C=O) groups excluding carboxylic acids is 1. The minimum atomic E-state index is -0.564. The molecule has 0 spiro atoms. The second-order valence-electron chi connectivity index (χ2n) is 4.52. The summed E-state index contributed by atoms with van der Waals surface area (Å²) in [4.78, 5) is 19.5. The Labute approximate surface area is 93.9 Å². The van der Waals surface area contributed by atoms with Crippen LogP contribution in [0.3, 0.4) is 0 Å². The van der Waals surface area contributed by atoms with Crippen molar-refractivity contribution < 1.29 is 14.4 Å². The van der Waals surface area contributed by atoms with Crippen molar-refractivity contribution >= 4 is 6.09 Å². The fraction of sp³-hybridized carbons (Fsp3) is 0.889. The minimum absolute atomic E-state index is 0.235. The summed E-state index contributed by atoms with van der Waals surface area (Å²) in [5.41, 5.74) is 7.75. The van der Waals surface area contributed by atoms with E-state index in [2.05, 4.69) is 10.0 Å². The Balaban J connectivity index is 2.53. The van der Waals surface area contributed by atoms with Crippen LogP contribution < -0.4 is 0 Å². The molecule has 0 aromatic rings. The summed E-state index contributed by atoms with van der Waals surface area (Å²) in [5, 5.41) is 4.67. The summed E-state index contributed by atoms with van der Waals surface area (Å²) < 4.78 is 5.13. The molecular weight excluding hydrogens is 212 g/mol. The standard InChI is InChI=1S/C9H16N4O3/c1-9(2,3)16-8(14)13-6-7(11-12-10)4-5-15-13/h7H,4-6H2,1-3H3. The van der Waals surface area contributed by atoms with E-state index in [4.69, 9.17) is 15.1 Å². The van der Waals surface area contributed by atoms with E-state index in [9.17, 15) is 4.79 Å². The predicted molar refractivity (Wildman–Crippen MR) is 56.4 cm³/mol. The summed E-state index contributed by atoms with van der Waals surface area (Å²) in [6.07, 6.45) is 0.0638. The van der Waals surface area contributed by atoms with Crippen LogP contribution in [0.4, 0.5) is 4.79 Å². The van der Waals surface area contributed by atoms with Gasteiger partial charge < -0.3 is 4.74 Å². The summed E-state index contributed by atoms with van der Waals surface area (Å²) in [6.45, 7) is 5.92. The Morgan fingerprint density at radius 1 is 1.62 bits per heavy atom. The molecule has 0 N–H and O–H groups in total. The highest BCUT2D eigenvalue weighted by molar-refractivity contribution is 5.66. The zero-order valence-corrected chi connectivity index (χ0v) is 9.71. The molecule has 0 bridgehead atoms. The van der Waals surface area contributed by atoms with Gasteiger partial charge in [-0.2, -0.15) is 5.06 Å².